The minimum absolute atomic E-state index is 0.732. The quantitative estimate of drug-likeness (QED) is 0.188. The van der Waals surface area contributed by atoms with Crippen LogP contribution in [0.5, 0.6) is 0 Å². The Bertz CT molecular complexity index is 2670. The predicted octanol–water partition coefficient (Wildman–Crippen LogP) is 12.0. The molecule has 2 aliphatic rings. The van der Waals surface area contributed by atoms with Crippen molar-refractivity contribution in [3.05, 3.63) is 157 Å². The maximum absolute atomic E-state index is 5.18. The normalized spacial score (nSPS) is 13.7. The van der Waals surface area contributed by atoms with Gasteiger partial charge in [-0.2, -0.15) is 0 Å². The van der Waals surface area contributed by atoms with E-state index < -0.39 is 0 Å². The van der Waals surface area contributed by atoms with Crippen LogP contribution in [-0.2, 0) is 0 Å². The number of para-hydroxylation sites is 1. The number of benzene rings is 5. The monoisotopic (exact) mass is 661 g/mol. The summed E-state index contributed by atoms with van der Waals surface area (Å²) in [5.41, 5.74) is 8.73. The first kappa shape index (κ1) is 28.5. The van der Waals surface area contributed by atoms with Gasteiger partial charge in [-0.25, -0.2) is 9.97 Å². The van der Waals surface area contributed by atoms with Gasteiger partial charge < -0.3 is 4.57 Å². The van der Waals surface area contributed by atoms with E-state index in [2.05, 4.69) is 144 Å². The topological polar surface area (TPSA) is 30.7 Å². The Kier molecular flexibility index (Phi) is 6.72. The number of aromatic nitrogens is 3. The summed E-state index contributed by atoms with van der Waals surface area (Å²) in [6.07, 6.45) is 8.53. The molecule has 230 valence electrons. The molecule has 0 radical (unpaired) electrons. The van der Waals surface area contributed by atoms with Gasteiger partial charge in [0.25, 0.3) is 0 Å². The summed E-state index contributed by atoms with van der Waals surface area (Å²) < 4.78 is 2.43. The standard InChI is InChI=1S/C44H27N3S2/c1-3-12-28(13-4-1)36-27-37(29-14-5-2-6-15-29)46-44(45-36)32-18-11-19-33(24-32)47-38-21-10-9-20-34(38)35-22-23-39-43(42(35)47)49-41-26-31-17-8-7-16-30(31)25-40(41)48-39/h1-5,7,9-14,16,18-27H,6,15H2. The largest absolute Gasteiger partial charge is 0.308 e. The fourth-order valence-corrected chi connectivity index (χ4v) is 9.44. The highest BCUT2D eigenvalue weighted by Crippen LogP contribution is 2.53. The van der Waals surface area contributed by atoms with Gasteiger partial charge in [0, 0.05) is 47.7 Å². The molecule has 8 aromatic rings. The molecule has 0 spiro atoms. The number of nitrogens with zero attached hydrogens (tertiary/aromatic N) is 3. The molecule has 1 aliphatic heterocycles. The fraction of sp³-hybridized carbons (Fsp3) is 0.0455. The van der Waals surface area contributed by atoms with Crippen molar-refractivity contribution in [2.24, 2.45) is 0 Å². The second-order valence-electron chi connectivity index (χ2n) is 12.4. The van der Waals surface area contributed by atoms with Gasteiger partial charge in [-0.05, 0) is 78.4 Å². The smallest absolute Gasteiger partial charge is 0.160 e. The zero-order chi connectivity index (χ0) is 32.3. The van der Waals surface area contributed by atoms with Gasteiger partial charge in [0.05, 0.1) is 27.3 Å². The van der Waals surface area contributed by atoms with E-state index in [0.717, 1.165) is 52.3 Å². The van der Waals surface area contributed by atoms with E-state index >= 15 is 0 Å². The molecule has 0 unspecified atom stereocenters. The van der Waals surface area contributed by atoms with Crippen LogP contribution in [0, 0.1) is 12.1 Å². The van der Waals surface area contributed by atoms with Crippen LogP contribution in [0.4, 0.5) is 0 Å². The molecule has 49 heavy (non-hydrogen) atoms. The number of allylic oxidation sites excluding steroid dienone is 4. The van der Waals surface area contributed by atoms with Crippen LogP contribution in [-0.4, -0.2) is 14.5 Å². The highest BCUT2D eigenvalue weighted by molar-refractivity contribution is 8.05. The Hall–Kier alpha value is -5.54. The number of fused-ring (bicyclic) bond motifs is 7. The van der Waals surface area contributed by atoms with Crippen LogP contribution in [0.2, 0.25) is 0 Å². The van der Waals surface area contributed by atoms with Crippen molar-refractivity contribution in [2.45, 2.75) is 32.4 Å². The zero-order valence-corrected chi connectivity index (χ0v) is 28.0. The molecule has 0 saturated heterocycles. The van der Waals surface area contributed by atoms with Crippen LogP contribution < -0.4 is 0 Å². The Morgan fingerprint density at radius 1 is 0.673 bits per heavy atom. The summed E-state index contributed by atoms with van der Waals surface area (Å²) in [6.45, 7) is 0. The van der Waals surface area contributed by atoms with E-state index in [1.54, 1.807) is 0 Å². The van der Waals surface area contributed by atoms with Crippen LogP contribution in [0.3, 0.4) is 0 Å². The van der Waals surface area contributed by atoms with Gasteiger partial charge in [0.15, 0.2) is 5.82 Å². The van der Waals surface area contributed by atoms with Crippen LogP contribution >= 0.6 is 23.5 Å². The van der Waals surface area contributed by atoms with Gasteiger partial charge in [0.2, 0.25) is 0 Å². The van der Waals surface area contributed by atoms with E-state index in [9.17, 15) is 0 Å². The summed E-state index contributed by atoms with van der Waals surface area (Å²) >= 11 is 3.71. The third-order valence-electron chi connectivity index (χ3n) is 9.36. The minimum Gasteiger partial charge on any atom is -0.308 e. The van der Waals surface area contributed by atoms with Crippen LogP contribution in [0.1, 0.15) is 18.5 Å². The van der Waals surface area contributed by atoms with Crippen molar-refractivity contribution < 1.29 is 0 Å². The summed E-state index contributed by atoms with van der Waals surface area (Å²) in [6, 6.07) is 49.7. The summed E-state index contributed by atoms with van der Waals surface area (Å²) in [5.74, 6) is 0.732. The first-order chi connectivity index (χ1) is 24.3. The molecule has 0 fully saturated rings. The zero-order valence-electron chi connectivity index (χ0n) is 26.4. The lowest BCUT2D eigenvalue weighted by Gasteiger charge is -2.21. The number of rotatable bonds is 4. The third-order valence-corrected chi connectivity index (χ3v) is 11.9. The van der Waals surface area contributed by atoms with Crippen LogP contribution in [0.15, 0.2) is 159 Å². The molecule has 0 N–H and O–H groups in total. The maximum atomic E-state index is 5.18. The molecule has 5 heteroatoms. The molecule has 2 aromatic heterocycles. The summed E-state index contributed by atoms with van der Waals surface area (Å²) in [7, 11) is 0. The van der Waals surface area contributed by atoms with E-state index in [1.807, 2.05) is 35.7 Å². The predicted molar refractivity (Wildman–Crippen MR) is 203 cm³/mol. The fourth-order valence-electron chi connectivity index (χ4n) is 7.01. The maximum Gasteiger partial charge on any atom is 0.160 e. The van der Waals surface area contributed by atoms with Crippen molar-refractivity contribution in [1.82, 2.24) is 14.5 Å². The van der Waals surface area contributed by atoms with E-state index in [1.165, 1.54) is 52.3 Å². The van der Waals surface area contributed by atoms with Crippen molar-refractivity contribution >= 4 is 61.7 Å². The van der Waals surface area contributed by atoms with Crippen LogP contribution in [0.25, 0.3) is 66.5 Å². The Morgan fingerprint density at radius 3 is 2.45 bits per heavy atom. The highest BCUT2D eigenvalue weighted by Gasteiger charge is 2.25. The molecule has 3 nitrogen and oxygen atoms in total. The molecule has 0 saturated carbocycles. The first-order valence-electron chi connectivity index (χ1n) is 16.5. The second-order valence-corrected chi connectivity index (χ2v) is 14.5. The van der Waals surface area contributed by atoms with Gasteiger partial charge in [0.1, 0.15) is 0 Å². The average molecular weight is 662 g/mol. The molecule has 0 amide bonds. The summed E-state index contributed by atoms with van der Waals surface area (Å²) in [4.78, 5) is 15.4. The summed E-state index contributed by atoms with van der Waals surface area (Å²) in [5, 5.41) is 4.78. The average Bonchev–Trinajstić information content (AvgIpc) is 3.52. The Balaban J connectivity index is 1.16. The van der Waals surface area contributed by atoms with Gasteiger partial charge in [-0.3, -0.25) is 0 Å². The SMILES string of the molecule is c1ccc2cc3c(cc2c#1)Sc1c(ccc2c4ccccc4n(-c4cccc(-c5nc(C6=CC=CCC6)cc(-c6ccccc6)n5)c4)c12)S3. The Morgan fingerprint density at radius 2 is 1.53 bits per heavy atom. The van der Waals surface area contributed by atoms with Crippen molar-refractivity contribution in [3.63, 3.8) is 0 Å². The number of hydrogen-bond donors (Lipinski definition) is 0. The van der Waals surface area contributed by atoms with Gasteiger partial charge in [-0.1, -0.05) is 121 Å². The number of hydrogen-bond acceptors (Lipinski definition) is 4. The van der Waals surface area contributed by atoms with Crippen molar-refractivity contribution in [1.29, 1.82) is 0 Å². The van der Waals surface area contributed by atoms with Crippen molar-refractivity contribution in [3.8, 4) is 28.3 Å². The van der Waals surface area contributed by atoms with Gasteiger partial charge in [-0.15, -0.1) is 0 Å². The molecular formula is C44H27N3S2. The molecule has 10 rings (SSSR count). The first-order valence-corrected chi connectivity index (χ1v) is 18.1. The molecule has 1 aliphatic carbocycles. The lowest BCUT2D eigenvalue weighted by atomic mass is 10.00. The molecule has 0 atom stereocenters. The van der Waals surface area contributed by atoms with Gasteiger partial charge >= 0.3 is 0 Å². The molecule has 0 bridgehead atoms. The molecular weight excluding hydrogens is 635 g/mol. The minimum atomic E-state index is 0.732. The lowest BCUT2D eigenvalue weighted by molar-refractivity contribution is 1.03. The van der Waals surface area contributed by atoms with E-state index in [0.29, 0.717) is 0 Å². The van der Waals surface area contributed by atoms with Crippen molar-refractivity contribution in [2.75, 3.05) is 0 Å². The lowest BCUT2D eigenvalue weighted by Crippen LogP contribution is -2.01. The molecule has 3 heterocycles. The van der Waals surface area contributed by atoms with E-state index in [4.69, 9.17) is 9.97 Å². The van der Waals surface area contributed by atoms with E-state index in [-0.39, 0.29) is 0 Å². The third kappa shape index (κ3) is 4.87. The second kappa shape index (κ2) is 11.6. The highest BCUT2D eigenvalue weighted by atomic mass is 32.2. The Labute approximate surface area is 293 Å². The molecule has 6 aromatic carbocycles.